The van der Waals surface area contributed by atoms with Gasteiger partial charge in [-0.3, -0.25) is 9.78 Å². The van der Waals surface area contributed by atoms with Crippen molar-refractivity contribution in [2.75, 3.05) is 11.9 Å². The number of carbonyl (C=O) groups is 1. The minimum absolute atomic E-state index is 0.189. The maximum Gasteiger partial charge on any atom is 0.257 e. The fourth-order valence-electron chi connectivity index (χ4n) is 1.70. The molecule has 0 saturated carbocycles. The molecule has 1 amide bonds. The summed E-state index contributed by atoms with van der Waals surface area (Å²) in [6.45, 7) is 1.69. The largest absolute Gasteiger partial charge is 0.384 e. The van der Waals surface area contributed by atoms with Gasteiger partial charge in [0.1, 0.15) is 6.61 Å². The van der Waals surface area contributed by atoms with Crippen molar-refractivity contribution in [3.63, 3.8) is 0 Å². The molecular weight excluding hydrogens is 252 g/mol. The predicted octanol–water partition coefficient (Wildman–Crippen LogP) is 1.99. The van der Waals surface area contributed by atoms with E-state index in [9.17, 15) is 4.79 Å². The van der Waals surface area contributed by atoms with Crippen LogP contribution in [0.1, 0.15) is 21.5 Å². The number of aliphatic hydroxyl groups is 1. The van der Waals surface area contributed by atoms with Crippen molar-refractivity contribution in [3.05, 3.63) is 59.4 Å². The first-order chi connectivity index (χ1) is 9.69. The number of aryl methyl sites for hydroxylation is 1. The molecule has 1 heterocycles. The fraction of sp³-hybridized carbons (Fsp3) is 0.125. The molecular formula is C16H14N2O2. The Morgan fingerprint density at radius 2 is 2.20 bits per heavy atom. The van der Waals surface area contributed by atoms with Gasteiger partial charge in [-0.05, 0) is 36.8 Å². The Morgan fingerprint density at radius 3 is 2.95 bits per heavy atom. The van der Waals surface area contributed by atoms with Gasteiger partial charge in [-0.15, -0.1) is 0 Å². The van der Waals surface area contributed by atoms with Gasteiger partial charge in [-0.1, -0.05) is 17.9 Å². The highest BCUT2D eigenvalue weighted by Crippen LogP contribution is 2.12. The number of aliphatic hydroxyl groups excluding tert-OH is 1. The Labute approximate surface area is 117 Å². The summed E-state index contributed by atoms with van der Waals surface area (Å²) in [6.07, 6.45) is 3.22. The number of aromatic nitrogens is 1. The summed E-state index contributed by atoms with van der Waals surface area (Å²) in [5.74, 6) is 5.15. The molecule has 2 N–H and O–H groups in total. The Kier molecular flexibility index (Phi) is 4.48. The van der Waals surface area contributed by atoms with Gasteiger partial charge < -0.3 is 10.4 Å². The third-order valence-corrected chi connectivity index (χ3v) is 2.57. The van der Waals surface area contributed by atoms with Crippen molar-refractivity contribution >= 4 is 11.6 Å². The number of nitrogens with zero attached hydrogens (tertiary/aromatic N) is 1. The molecule has 0 unspecified atom stereocenters. The Morgan fingerprint density at radius 1 is 1.35 bits per heavy atom. The number of hydrogen-bond donors (Lipinski definition) is 2. The lowest BCUT2D eigenvalue weighted by Crippen LogP contribution is -2.12. The predicted molar refractivity (Wildman–Crippen MR) is 77.3 cm³/mol. The number of anilines is 1. The van der Waals surface area contributed by atoms with Crippen LogP contribution in [0.15, 0.2) is 42.7 Å². The molecule has 0 bridgehead atoms. The van der Waals surface area contributed by atoms with Crippen molar-refractivity contribution in [3.8, 4) is 11.8 Å². The van der Waals surface area contributed by atoms with E-state index in [-0.39, 0.29) is 12.5 Å². The van der Waals surface area contributed by atoms with E-state index in [0.717, 1.165) is 11.1 Å². The molecule has 1 aromatic heterocycles. The Bertz CT molecular complexity index is 684. The summed E-state index contributed by atoms with van der Waals surface area (Å²) in [6, 6.07) is 8.92. The Balaban J connectivity index is 2.15. The van der Waals surface area contributed by atoms with Gasteiger partial charge in [0.2, 0.25) is 0 Å². The van der Waals surface area contributed by atoms with Gasteiger partial charge >= 0.3 is 0 Å². The molecule has 0 aliphatic carbocycles. The second-order valence-corrected chi connectivity index (χ2v) is 4.25. The quantitative estimate of drug-likeness (QED) is 0.817. The van der Waals surface area contributed by atoms with Gasteiger partial charge in [0.05, 0.1) is 5.56 Å². The smallest absolute Gasteiger partial charge is 0.257 e. The van der Waals surface area contributed by atoms with Crippen LogP contribution in [-0.2, 0) is 0 Å². The standard InChI is InChI=1S/C16H14N2O2/c1-12-8-14(11-17-10-12)16(20)18-15-6-2-4-13(9-15)5-3-7-19/h2,4,6,8-11,19H,7H2,1H3,(H,18,20). The van der Waals surface area contributed by atoms with Crippen LogP contribution < -0.4 is 5.32 Å². The summed E-state index contributed by atoms with van der Waals surface area (Å²) in [4.78, 5) is 16.1. The van der Waals surface area contributed by atoms with Crippen molar-refractivity contribution in [2.24, 2.45) is 0 Å². The third-order valence-electron chi connectivity index (χ3n) is 2.57. The van der Waals surface area contributed by atoms with E-state index in [1.165, 1.54) is 6.20 Å². The summed E-state index contributed by atoms with van der Waals surface area (Å²) in [5.41, 5.74) is 2.83. The monoisotopic (exact) mass is 266 g/mol. The van der Waals surface area contributed by atoms with Crippen LogP contribution in [0.4, 0.5) is 5.69 Å². The van der Waals surface area contributed by atoms with Crippen LogP contribution in [0, 0.1) is 18.8 Å². The van der Waals surface area contributed by atoms with Gasteiger partial charge in [-0.25, -0.2) is 0 Å². The van der Waals surface area contributed by atoms with Gasteiger partial charge in [0.15, 0.2) is 0 Å². The van der Waals surface area contributed by atoms with Crippen LogP contribution in [0.5, 0.6) is 0 Å². The number of nitrogens with one attached hydrogen (secondary N) is 1. The highest BCUT2D eigenvalue weighted by Gasteiger charge is 2.06. The summed E-state index contributed by atoms with van der Waals surface area (Å²) in [7, 11) is 0. The lowest BCUT2D eigenvalue weighted by molar-refractivity contribution is 0.102. The number of carbonyl (C=O) groups excluding carboxylic acids is 1. The maximum absolute atomic E-state index is 12.1. The molecule has 0 fully saturated rings. The first-order valence-electron chi connectivity index (χ1n) is 6.12. The number of hydrogen-bond acceptors (Lipinski definition) is 3. The van der Waals surface area contributed by atoms with Crippen LogP contribution in [-0.4, -0.2) is 22.6 Å². The van der Waals surface area contributed by atoms with Gasteiger partial charge in [0.25, 0.3) is 5.91 Å². The first-order valence-corrected chi connectivity index (χ1v) is 6.12. The van der Waals surface area contributed by atoms with E-state index >= 15 is 0 Å². The molecule has 2 aromatic rings. The zero-order chi connectivity index (χ0) is 14.4. The van der Waals surface area contributed by atoms with Crippen molar-refractivity contribution in [1.82, 2.24) is 4.98 Å². The maximum atomic E-state index is 12.1. The van der Waals surface area contributed by atoms with E-state index < -0.39 is 0 Å². The van der Waals surface area contributed by atoms with E-state index in [0.29, 0.717) is 11.3 Å². The molecule has 4 heteroatoms. The highest BCUT2D eigenvalue weighted by atomic mass is 16.2. The summed E-state index contributed by atoms with van der Waals surface area (Å²) >= 11 is 0. The number of amides is 1. The van der Waals surface area contributed by atoms with Gasteiger partial charge in [0, 0.05) is 23.6 Å². The minimum atomic E-state index is -0.214. The molecule has 0 saturated heterocycles. The number of benzene rings is 1. The molecule has 100 valence electrons. The molecule has 0 aliphatic heterocycles. The molecule has 0 radical (unpaired) electrons. The summed E-state index contributed by atoms with van der Waals surface area (Å²) < 4.78 is 0. The van der Waals surface area contributed by atoms with Crippen LogP contribution in [0.2, 0.25) is 0 Å². The average Bonchev–Trinajstić information content (AvgIpc) is 2.45. The van der Waals surface area contributed by atoms with E-state index in [1.807, 2.05) is 13.0 Å². The first kappa shape index (κ1) is 13.8. The molecule has 0 spiro atoms. The second kappa shape index (κ2) is 6.50. The van der Waals surface area contributed by atoms with Crippen molar-refractivity contribution < 1.29 is 9.90 Å². The van der Waals surface area contributed by atoms with Crippen LogP contribution in [0.25, 0.3) is 0 Å². The molecule has 2 rings (SSSR count). The zero-order valence-corrected chi connectivity index (χ0v) is 11.1. The minimum Gasteiger partial charge on any atom is -0.384 e. The second-order valence-electron chi connectivity index (χ2n) is 4.25. The van der Waals surface area contributed by atoms with Crippen molar-refractivity contribution in [2.45, 2.75) is 6.92 Å². The Hall–Kier alpha value is -2.64. The van der Waals surface area contributed by atoms with Crippen LogP contribution in [0.3, 0.4) is 0 Å². The van der Waals surface area contributed by atoms with Gasteiger partial charge in [-0.2, -0.15) is 0 Å². The molecule has 1 aromatic carbocycles. The fourth-order valence-corrected chi connectivity index (χ4v) is 1.70. The normalized spacial score (nSPS) is 9.50. The number of pyridine rings is 1. The molecule has 0 atom stereocenters. The van der Waals surface area contributed by atoms with E-state index in [1.54, 1.807) is 30.5 Å². The summed E-state index contributed by atoms with van der Waals surface area (Å²) in [5, 5.41) is 11.5. The van der Waals surface area contributed by atoms with E-state index in [4.69, 9.17) is 5.11 Å². The zero-order valence-electron chi connectivity index (χ0n) is 11.1. The third kappa shape index (κ3) is 3.67. The van der Waals surface area contributed by atoms with Crippen molar-refractivity contribution in [1.29, 1.82) is 0 Å². The molecule has 20 heavy (non-hydrogen) atoms. The highest BCUT2D eigenvalue weighted by molar-refractivity contribution is 6.04. The lowest BCUT2D eigenvalue weighted by atomic mass is 10.2. The topological polar surface area (TPSA) is 62.2 Å². The molecule has 4 nitrogen and oxygen atoms in total. The van der Waals surface area contributed by atoms with E-state index in [2.05, 4.69) is 22.1 Å². The average molecular weight is 266 g/mol. The lowest BCUT2D eigenvalue weighted by Gasteiger charge is -2.05. The SMILES string of the molecule is Cc1cncc(C(=O)Nc2cccc(C#CCO)c2)c1. The molecule has 0 aliphatic rings. The number of rotatable bonds is 2. The van der Waals surface area contributed by atoms with Crippen LogP contribution >= 0.6 is 0 Å².